The van der Waals surface area contributed by atoms with Crippen LogP contribution in [0.5, 0.6) is 5.75 Å². The third-order valence-corrected chi connectivity index (χ3v) is 5.62. The van der Waals surface area contributed by atoms with E-state index in [2.05, 4.69) is 47.8 Å². The minimum absolute atomic E-state index is 0.110. The standard InChI is InChI=1S/C27H30N4O2/c1-19(29-26(32)23-10-7-8-16-28-23)25-30-22-9-5-6-11-24(22)31(25)17-18-33-21-14-12-20(13-15-21)27(2,3)4/h5-16,19H,17-18H2,1-4H3,(H,29,32). The van der Waals surface area contributed by atoms with Gasteiger partial charge in [0.15, 0.2) is 0 Å². The molecule has 0 fully saturated rings. The number of fused-ring (bicyclic) bond motifs is 1. The molecule has 6 heteroatoms. The fourth-order valence-electron chi connectivity index (χ4n) is 3.80. The molecule has 33 heavy (non-hydrogen) atoms. The molecule has 0 aliphatic carbocycles. The molecule has 1 atom stereocenters. The van der Waals surface area contributed by atoms with Crippen molar-refractivity contribution in [3.8, 4) is 5.75 Å². The Morgan fingerprint density at radius 3 is 2.45 bits per heavy atom. The molecule has 4 rings (SSSR count). The Kier molecular flexibility index (Phi) is 6.45. The number of pyridine rings is 1. The number of hydrogen-bond donors (Lipinski definition) is 1. The summed E-state index contributed by atoms with van der Waals surface area (Å²) >= 11 is 0. The molecule has 1 unspecified atom stereocenters. The van der Waals surface area contributed by atoms with Gasteiger partial charge < -0.3 is 14.6 Å². The molecule has 0 radical (unpaired) electrons. The molecule has 2 aromatic heterocycles. The number of benzene rings is 2. The minimum atomic E-state index is -0.294. The highest BCUT2D eigenvalue weighted by atomic mass is 16.5. The van der Waals surface area contributed by atoms with E-state index in [4.69, 9.17) is 9.72 Å². The smallest absolute Gasteiger partial charge is 0.270 e. The van der Waals surface area contributed by atoms with Crippen LogP contribution in [0.25, 0.3) is 11.0 Å². The van der Waals surface area contributed by atoms with Gasteiger partial charge in [0.1, 0.15) is 23.9 Å². The molecule has 2 aromatic carbocycles. The summed E-state index contributed by atoms with van der Waals surface area (Å²) in [6.07, 6.45) is 1.61. The molecule has 1 amide bonds. The third kappa shape index (κ3) is 5.22. The molecule has 0 spiro atoms. The van der Waals surface area contributed by atoms with Crippen LogP contribution in [0, 0.1) is 0 Å². The Balaban J connectivity index is 1.50. The maximum atomic E-state index is 12.6. The number of amides is 1. The van der Waals surface area contributed by atoms with Crippen LogP contribution in [0.15, 0.2) is 72.9 Å². The van der Waals surface area contributed by atoms with E-state index in [9.17, 15) is 4.79 Å². The lowest BCUT2D eigenvalue weighted by Gasteiger charge is -2.19. The maximum absolute atomic E-state index is 12.6. The summed E-state index contributed by atoms with van der Waals surface area (Å²) < 4.78 is 8.15. The van der Waals surface area contributed by atoms with Crippen molar-refractivity contribution < 1.29 is 9.53 Å². The van der Waals surface area contributed by atoms with Gasteiger partial charge >= 0.3 is 0 Å². The molecule has 0 aliphatic rings. The van der Waals surface area contributed by atoms with Gasteiger partial charge in [-0.05, 0) is 54.3 Å². The Labute approximate surface area is 194 Å². The summed E-state index contributed by atoms with van der Waals surface area (Å²) in [5, 5.41) is 3.02. The van der Waals surface area contributed by atoms with Crippen molar-refractivity contribution in [2.75, 3.05) is 6.61 Å². The Morgan fingerprint density at radius 1 is 1.03 bits per heavy atom. The highest BCUT2D eigenvalue weighted by Crippen LogP contribution is 2.25. The zero-order valence-electron chi connectivity index (χ0n) is 19.6. The molecule has 6 nitrogen and oxygen atoms in total. The molecule has 0 aliphatic heterocycles. The number of nitrogens with zero attached hydrogens (tertiary/aromatic N) is 3. The normalized spacial score (nSPS) is 12.5. The number of carbonyl (C=O) groups is 1. The summed E-state index contributed by atoms with van der Waals surface area (Å²) in [4.78, 5) is 21.5. The lowest BCUT2D eigenvalue weighted by atomic mass is 9.87. The predicted molar refractivity (Wildman–Crippen MR) is 130 cm³/mol. The first-order valence-electron chi connectivity index (χ1n) is 11.2. The first kappa shape index (κ1) is 22.5. The number of carbonyl (C=O) groups excluding carboxylic acids is 1. The van der Waals surface area contributed by atoms with Gasteiger partial charge in [-0.15, -0.1) is 0 Å². The number of ether oxygens (including phenoxy) is 1. The fourth-order valence-corrected chi connectivity index (χ4v) is 3.80. The van der Waals surface area contributed by atoms with Crippen LogP contribution >= 0.6 is 0 Å². The highest BCUT2D eigenvalue weighted by Gasteiger charge is 2.19. The number of rotatable bonds is 7. The monoisotopic (exact) mass is 442 g/mol. The van der Waals surface area contributed by atoms with Gasteiger partial charge in [0.25, 0.3) is 5.91 Å². The SMILES string of the molecule is CC(NC(=O)c1ccccn1)c1nc2ccccc2n1CCOc1ccc(C(C)(C)C)cc1. The van der Waals surface area contributed by atoms with Crippen LogP contribution in [0.1, 0.15) is 55.6 Å². The zero-order chi connectivity index (χ0) is 23.4. The fraction of sp³-hybridized carbons (Fsp3) is 0.296. The molecule has 1 N–H and O–H groups in total. The van der Waals surface area contributed by atoms with Crippen LogP contribution in [-0.2, 0) is 12.0 Å². The van der Waals surface area contributed by atoms with Crippen LogP contribution in [-0.4, -0.2) is 27.0 Å². The number of imidazole rings is 1. The average molecular weight is 443 g/mol. The van der Waals surface area contributed by atoms with E-state index >= 15 is 0 Å². The number of nitrogens with one attached hydrogen (secondary N) is 1. The highest BCUT2D eigenvalue weighted by molar-refractivity contribution is 5.92. The van der Waals surface area contributed by atoms with Crippen LogP contribution in [0.2, 0.25) is 0 Å². The van der Waals surface area contributed by atoms with Crippen LogP contribution in [0.4, 0.5) is 0 Å². The number of para-hydroxylation sites is 2. The van der Waals surface area contributed by atoms with E-state index in [1.54, 1.807) is 24.4 Å². The number of hydrogen-bond acceptors (Lipinski definition) is 4. The number of aromatic nitrogens is 3. The summed E-state index contributed by atoms with van der Waals surface area (Å²) in [5.41, 5.74) is 3.67. The van der Waals surface area contributed by atoms with Crippen molar-refractivity contribution in [2.45, 2.75) is 45.7 Å². The Bertz CT molecular complexity index is 1220. The van der Waals surface area contributed by atoms with Crippen molar-refractivity contribution in [2.24, 2.45) is 0 Å². The van der Waals surface area contributed by atoms with E-state index in [1.165, 1.54) is 5.56 Å². The lowest BCUT2D eigenvalue weighted by Crippen LogP contribution is -2.29. The molecule has 2 heterocycles. The van der Waals surface area contributed by atoms with Gasteiger partial charge in [0.2, 0.25) is 0 Å². The topological polar surface area (TPSA) is 69.0 Å². The first-order valence-corrected chi connectivity index (χ1v) is 11.2. The Hall–Kier alpha value is -3.67. The van der Waals surface area contributed by atoms with E-state index in [-0.39, 0.29) is 17.4 Å². The summed E-state index contributed by atoms with van der Waals surface area (Å²) in [5.74, 6) is 1.40. The van der Waals surface area contributed by atoms with E-state index in [0.717, 1.165) is 22.6 Å². The largest absolute Gasteiger partial charge is 0.492 e. The zero-order valence-corrected chi connectivity index (χ0v) is 19.6. The van der Waals surface area contributed by atoms with Gasteiger partial charge in [0, 0.05) is 6.20 Å². The quantitative estimate of drug-likeness (QED) is 0.422. The minimum Gasteiger partial charge on any atom is -0.492 e. The van der Waals surface area contributed by atoms with Crippen molar-refractivity contribution in [3.05, 3.63) is 90.0 Å². The summed E-state index contributed by atoms with van der Waals surface area (Å²) in [6.45, 7) is 9.63. The molecule has 170 valence electrons. The summed E-state index contributed by atoms with van der Waals surface area (Å²) in [6, 6.07) is 21.2. The van der Waals surface area contributed by atoms with Crippen molar-refractivity contribution in [3.63, 3.8) is 0 Å². The second-order valence-electron chi connectivity index (χ2n) is 9.14. The van der Waals surface area contributed by atoms with E-state index in [0.29, 0.717) is 18.8 Å². The van der Waals surface area contributed by atoms with Crippen LogP contribution < -0.4 is 10.1 Å². The predicted octanol–water partition coefficient (Wildman–Crippen LogP) is 5.30. The lowest BCUT2D eigenvalue weighted by molar-refractivity contribution is 0.0932. The maximum Gasteiger partial charge on any atom is 0.270 e. The van der Waals surface area contributed by atoms with Gasteiger partial charge in [-0.25, -0.2) is 4.98 Å². The second kappa shape index (κ2) is 9.45. The third-order valence-electron chi connectivity index (χ3n) is 5.62. The van der Waals surface area contributed by atoms with Gasteiger partial charge in [-0.1, -0.05) is 51.1 Å². The van der Waals surface area contributed by atoms with E-state index in [1.807, 2.05) is 43.3 Å². The van der Waals surface area contributed by atoms with Gasteiger partial charge in [0.05, 0.1) is 23.6 Å². The Morgan fingerprint density at radius 2 is 1.76 bits per heavy atom. The molecule has 0 saturated heterocycles. The van der Waals surface area contributed by atoms with Crippen LogP contribution in [0.3, 0.4) is 0 Å². The average Bonchev–Trinajstić information content (AvgIpc) is 3.18. The van der Waals surface area contributed by atoms with Gasteiger partial charge in [-0.3, -0.25) is 9.78 Å². The molecular formula is C27H30N4O2. The molecule has 0 bridgehead atoms. The molecule has 0 saturated carbocycles. The van der Waals surface area contributed by atoms with Crippen molar-refractivity contribution >= 4 is 16.9 Å². The first-order chi connectivity index (χ1) is 15.8. The van der Waals surface area contributed by atoms with Crippen molar-refractivity contribution in [1.82, 2.24) is 19.9 Å². The summed E-state index contributed by atoms with van der Waals surface area (Å²) in [7, 11) is 0. The molecule has 4 aromatic rings. The molecular weight excluding hydrogens is 412 g/mol. The van der Waals surface area contributed by atoms with E-state index < -0.39 is 0 Å². The second-order valence-corrected chi connectivity index (χ2v) is 9.14. The van der Waals surface area contributed by atoms with Gasteiger partial charge in [-0.2, -0.15) is 0 Å². The van der Waals surface area contributed by atoms with Crippen molar-refractivity contribution in [1.29, 1.82) is 0 Å².